The van der Waals surface area contributed by atoms with Crippen LogP contribution < -0.4 is 0 Å². The summed E-state index contributed by atoms with van der Waals surface area (Å²) in [6, 6.07) is 4.60. The van der Waals surface area contributed by atoms with Gasteiger partial charge in [-0.25, -0.2) is 13.9 Å². The molecule has 0 radical (unpaired) electrons. The molecule has 0 aliphatic rings. The lowest BCUT2D eigenvalue weighted by Crippen LogP contribution is -1.94. The Labute approximate surface area is 125 Å². The third kappa shape index (κ3) is 2.55. The number of imidazole rings is 1. The molecule has 3 nitrogen and oxygen atoms in total. The van der Waals surface area contributed by atoms with E-state index < -0.39 is 5.82 Å². The second-order valence-electron chi connectivity index (χ2n) is 5.08. The van der Waals surface area contributed by atoms with Crippen molar-refractivity contribution in [2.45, 2.75) is 20.3 Å². The Bertz CT molecular complexity index is 731. The first kappa shape index (κ1) is 13.5. The summed E-state index contributed by atoms with van der Waals surface area (Å²) < 4.78 is 14.9. The maximum Gasteiger partial charge on any atom is 0.212 e. The van der Waals surface area contributed by atoms with E-state index in [9.17, 15) is 4.39 Å². The molecular weight excluding hydrogens is 297 g/mol. The number of nitrogens with zero attached hydrogens (tertiary/aromatic N) is 3. The minimum absolute atomic E-state index is 0.104. The zero-order valence-corrected chi connectivity index (χ0v) is 12.7. The average Bonchev–Trinajstić information content (AvgIpc) is 2.89. The van der Waals surface area contributed by atoms with Crippen LogP contribution in [0.1, 0.15) is 18.9 Å². The third-order valence-corrected chi connectivity index (χ3v) is 4.12. The normalized spacial score (nSPS) is 11.7. The number of hydrogen-bond donors (Lipinski definition) is 0. The summed E-state index contributed by atoms with van der Waals surface area (Å²) >= 11 is 7.38. The number of rotatable bonds is 3. The van der Waals surface area contributed by atoms with E-state index in [-0.39, 0.29) is 5.02 Å². The summed E-state index contributed by atoms with van der Waals surface area (Å²) in [5.74, 6) is 0.148. The van der Waals surface area contributed by atoms with Gasteiger partial charge in [-0.2, -0.15) is 5.10 Å². The van der Waals surface area contributed by atoms with E-state index in [4.69, 9.17) is 11.6 Å². The van der Waals surface area contributed by atoms with Crippen LogP contribution in [0.2, 0.25) is 5.02 Å². The fraction of sp³-hybridized carbons (Fsp3) is 0.286. The van der Waals surface area contributed by atoms with Gasteiger partial charge in [0.25, 0.3) is 0 Å². The van der Waals surface area contributed by atoms with Crippen LogP contribution in [0.3, 0.4) is 0 Å². The van der Waals surface area contributed by atoms with Gasteiger partial charge >= 0.3 is 0 Å². The number of hydrogen-bond acceptors (Lipinski definition) is 3. The molecule has 104 valence electrons. The largest absolute Gasteiger partial charge is 0.217 e. The highest BCUT2D eigenvalue weighted by molar-refractivity contribution is 7.16. The predicted molar refractivity (Wildman–Crippen MR) is 79.8 cm³/mol. The van der Waals surface area contributed by atoms with Crippen LogP contribution in [0.4, 0.5) is 4.39 Å². The van der Waals surface area contributed by atoms with Crippen LogP contribution in [0, 0.1) is 11.7 Å². The first-order chi connectivity index (χ1) is 9.52. The Kier molecular flexibility index (Phi) is 3.48. The summed E-state index contributed by atoms with van der Waals surface area (Å²) in [7, 11) is 0. The number of fused-ring (bicyclic) bond motifs is 1. The summed E-state index contributed by atoms with van der Waals surface area (Å²) in [5, 5.41) is 5.68. The van der Waals surface area contributed by atoms with Gasteiger partial charge in [0.05, 0.1) is 16.9 Å². The van der Waals surface area contributed by atoms with E-state index in [2.05, 4.69) is 23.9 Å². The third-order valence-electron chi connectivity index (χ3n) is 2.88. The van der Waals surface area contributed by atoms with Crippen LogP contribution >= 0.6 is 22.9 Å². The van der Waals surface area contributed by atoms with E-state index in [0.717, 1.165) is 27.6 Å². The first-order valence-corrected chi connectivity index (χ1v) is 7.53. The van der Waals surface area contributed by atoms with Crippen molar-refractivity contribution in [1.82, 2.24) is 14.6 Å². The van der Waals surface area contributed by atoms with Gasteiger partial charge in [-0.05, 0) is 24.1 Å². The highest BCUT2D eigenvalue weighted by Gasteiger charge is 2.11. The summed E-state index contributed by atoms with van der Waals surface area (Å²) in [6.45, 7) is 4.33. The van der Waals surface area contributed by atoms with Crippen molar-refractivity contribution in [2.75, 3.05) is 0 Å². The van der Waals surface area contributed by atoms with Crippen molar-refractivity contribution in [3.63, 3.8) is 0 Å². The van der Waals surface area contributed by atoms with Gasteiger partial charge in [0.1, 0.15) is 10.8 Å². The Hall–Kier alpha value is -1.46. The molecule has 0 saturated carbocycles. The smallest absolute Gasteiger partial charge is 0.212 e. The molecule has 2 aromatic heterocycles. The second kappa shape index (κ2) is 5.14. The number of halogens is 2. The quantitative estimate of drug-likeness (QED) is 0.715. The van der Waals surface area contributed by atoms with Gasteiger partial charge in [0.15, 0.2) is 0 Å². The van der Waals surface area contributed by atoms with Gasteiger partial charge in [0.2, 0.25) is 4.96 Å². The lowest BCUT2D eigenvalue weighted by Gasteiger charge is -1.99. The van der Waals surface area contributed by atoms with Gasteiger partial charge in [-0.1, -0.05) is 36.8 Å². The molecule has 0 unspecified atom stereocenters. The van der Waals surface area contributed by atoms with E-state index in [1.165, 1.54) is 6.07 Å². The topological polar surface area (TPSA) is 30.2 Å². The molecule has 0 N–H and O–H groups in total. The summed E-state index contributed by atoms with van der Waals surface area (Å²) in [4.78, 5) is 5.36. The molecule has 0 aliphatic heterocycles. The molecule has 0 saturated heterocycles. The van der Waals surface area contributed by atoms with E-state index in [0.29, 0.717) is 5.92 Å². The van der Waals surface area contributed by atoms with Gasteiger partial charge in [-0.15, -0.1) is 0 Å². The van der Waals surface area contributed by atoms with Crippen LogP contribution in [0.15, 0.2) is 24.4 Å². The highest BCUT2D eigenvalue weighted by Crippen LogP contribution is 2.26. The lowest BCUT2D eigenvalue weighted by molar-refractivity contribution is 0.628. The van der Waals surface area contributed by atoms with Crippen LogP contribution in [-0.2, 0) is 6.42 Å². The maximum atomic E-state index is 13.2. The molecule has 20 heavy (non-hydrogen) atoms. The molecule has 0 fully saturated rings. The van der Waals surface area contributed by atoms with Crippen LogP contribution in [0.5, 0.6) is 0 Å². The van der Waals surface area contributed by atoms with Crippen LogP contribution in [0.25, 0.3) is 16.2 Å². The molecule has 2 heterocycles. The maximum absolute atomic E-state index is 13.2. The number of aromatic nitrogens is 3. The van der Waals surface area contributed by atoms with Crippen LogP contribution in [-0.4, -0.2) is 14.6 Å². The highest BCUT2D eigenvalue weighted by atomic mass is 35.5. The fourth-order valence-corrected chi connectivity index (χ4v) is 3.24. The standard InChI is InChI=1S/C14H13ClFN3S/c1-8(2)5-13-18-19-7-12(17-14(19)20-13)9-3-4-11(16)10(15)6-9/h3-4,6-8H,5H2,1-2H3. The molecule has 3 rings (SSSR count). The van der Waals surface area contributed by atoms with E-state index in [1.54, 1.807) is 28.0 Å². The Balaban J connectivity index is 1.96. The Morgan fingerprint density at radius 1 is 1.40 bits per heavy atom. The Morgan fingerprint density at radius 2 is 2.20 bits per heavy atom. The van der Waals surface area contributed by atoms with Crippen molar-refractivity contribution in [2.24, 2.45) is 5.92 Å². The minimum atomic E-state index is -0.422. The van der Waals surface area contributed by atoms with Gasteiger partial charge < -0.3 is 0 Å². The van der Waals surface area contributed by atoms with Crippen molar-refractivity contribution < 1.29 is 4.39 Å². The SMILES string of the molecule is CC(C)Cc1nn2cc(-c3ccc(F)c(Cl)c3)nc2s1. The lowest BCUT2D eigenvalue weighted by atomic mass is 10.1. The monoisotopic (exact) mass is 309 g/mol. The zero-order chi connectivity index (χ0) is 14.3. The molecule has 0 atom stereocenters. The number of benzene rings is 1. The minimum Gasteiger partial charge on any atom is -0.217 e. The Morgan fingerprint density at radius 3 is 2.85 bits per heavy atom. The molecule has 0 amide bonds. The zero-order valence-electron chi connectivity index (χ0n) is 11.1. The summed E-state index contributed by atoms with van der Waals surface area (Å²) in [5.41, 5.74) is 1.54. The average molecular weight is 310 g/mol. The molecule has 6 heteroatoms. The second-order valence-corrected chi connectivity index (χ2v) is 6.52. The van der Waals surface area contributed by atoms with Crippen molar-refractivity contribution in [1.29, 1.82) is 0 Å². The summed E-state index contributed by atoms with van der Waals surface area (Å²) in [6.07, 6.45) is 2.80. The molecule has 3 aromatic rings. The van der Waals surface area contributed by atoms with Crippen molar-refractivity contribution in [3.05, 3.63) is 40.2 Å². The van der Waals surface area contributed by atoms with E-state index in [1.807, 2.05) is 6.20 Å². The fourth-order valence-electron chi connectivity index (χ4n) is 1.97. The molecule has 1 aromatic carbocycles. The first-order valence-electron chi connectivity index (χ1n) is 6.33. The van der Waals surface area contributed by atoms with Crippen molar-refractivity contribution >= 4 is 27.9 Å². The molecule has 0 bridgehead atoms. The van der Waals surface area contributed by atoms with Gasteiger partial charge in [-0.3, -0.25) is 0 Å². The molecule has 0 aliphatic carbocycles. The van der Waals surface area contributed by atoms with Gasteiger partial charge in [0, 0.05) is 12.0 Å². The molecule has 0 spiro atoms. The van der Waals surface area contributed by atoms with E-state index >= 15 is 0 Å². The molecular formula is C14H13ClFN3S. The van der Waals surface area contributed by atoms with Crippen molar-refractivity contribution in [3.8, 4) is 11.3 Å². The predicted octanol–water partition coefficient (Wildman–Crippen LogP) is 4.45.